The van der Waals surface area contributed by atoms with Crippen LogP contribution in [0, 0.1) is 0 Å². The quantitative estimate of drug-likeness (QED) is 0.704. The van der Waals surface area contributed by atoms with Gasteiger partial charge < -0.3 is 9.84 Å². The first-order chi connectivity index (χ1) is 9.54. The molecule has 1 unspecified atom stereocenters. The SMILES string of the molecule is CCCCCCCC1(C)C[C@H](O)c2ccc(Br)cc2O1. The second kappa shape index (κ2) is 6.95. The molecule has 1 aromatic rings. The van der Waals surface area contributed by atoms with Crippen molar-refractivity contribution in [2.45, 2.75) is 70.5 Å². The highest BCUT2D eigenvalue weighted by atomic mass is 79.9. The zero-order valence-electron chi connectivity index (χ0n) is 12.5. The minimum Gasteiger partial charge on any atom is -0.487 e. The van der Waals surface area contributed by atoms with E-state index < -0.39 is 6.10 Å². The lowest BCUT2D eigenvalue weighted by molar-refractivity contribution is -0.00855. The third-order valence-electron chi connectivity index (χ3n) is 4.13. The summed E-state index contributed by atoms with van der Waals surface area (Å²) in [6.45, 7) is 4.36. The molecule has 0 bridgehead atoms. The van der Waals surface area contributed by atoms with E-state index in [0.29, 0.717) is 6.42 Å². The molecule has 2 nitrogen and oxygen atoms in total. The van der Waals surface area contributed by atoms with Gasteiger partial charge in [0.05, 0.1) is 6.10 Å². The van der Waals surface area contributed by atoms with E-state index in [4.69, 9.17) is 4.74 Å². The van der Waals surface area contributed by atoms with Gasteiger partial charge in [0.1, 0.15) is 11.4 Å². The molecule has 1 heterocycles. The van der Waals surface area contributed by atoms with Crippen molar-refractivity contribution in [2.24, 2.45) is 0 Å². The van der Waals surface area contributed by atoms with Crippen molar-refractivity contribution in [2.75, 3.05) is 0 Å². The monoisotopic (exact) mass is 340 g/mol. The summed E-state index contributed by atoms with van der Waals surface area (Å²) in [5.41, 5.74) is 0.677. The average Bonchev–Trinajstić information content (AvgIpc) is 2.37. The number of ether oxygens (including phenoxy) is 1. The molecular formula is C17H25BrO2. The molecule has 0 amide bonds. The zero-order valence-corrected chi connectivity index (χ0v) is 14.1. The smallest absolute Gasteiger partial charge is 0.127 e. The Bertz CT molecular complexity index is 447. The van der Waals surface area contributed by atoms with Gasteiger partial charge in [-0.05, 0) is 31.9 Å². The van der Waals surface area contributed by atoms with Crippen molar-refractivity contribution in [1.82, 2.24) is 0 Å². The lowest BCUT2D eigenvalue weighted by Gasteiger charge is -2.38. The predicted molar refractivity (Wildman–Crippen MR) is 86.1 cm³/mol. The molecule has 0 aromatic heterocycles. The van der Waals surface area contributed by atoms with Gasteiger partial charge in [-0.2, -0.15) is 0 Å². The van der Waals surface area contributed by atoms with E-state index in [1.807, 2.05) is 18.2 Å². The molecule has 0 spiro atoms. The maximum Gasteiger partial charge on any atom is 0.127 e. The first-order valence-electron chi connectivity index (χ1n) is 7.70. The summed E-state index contributed by atoms with van der Waals surface area (Å²) < 4.78 is 7.18. The molecular weight excluding hydrogens is 316 g/mol. The lowest BCUT2D eigenvalue weighted by Crippen LogP contribution is -2.38. The highest BCUT2D eigenvalue weighted by Gasteiger charge is 2.36. The molecule has 0 saturated heterocycles. The largest absolute Gasteiger partial charge is 0.487 e. The Hall–Kier alpha value is -0.540. The Kier molecular flexibility index (Phi) is 5.50. The summed E-state index contributed by atoms with van der Waals surface area (Å²) in [6.07, 6.45) is 7.62. The second-order valence-electron chi connectivity index (χ2n) is 6.12. The molecule has 0 aliphatic carbocycles. The second-order valence-corrected chi connectivity index (χ2v) is 7.03. The Morgan fingerprint density at radius 3 is 2.80 bits per heavy atom. The molecule has 1 aromatic carbocycles. The van der Waals surface area contributed by atoms with Crippen molar-refractivity contribution >= 4 is 15.9 Å². The highest BCUT2D eigenvalue weighted by molar-refractivity contribution is 9.10. The van der Waals surface area contributed by atoms with Gasteiger partial charge >= 0.3 is 0 Å². The van der Waals surface area contributed by atoms with Crippen LogP contribution in [0.25, 0.3) is 0 Å². The van der Waals surface area contributed by atoms with Crippen LogP contribution >= 0.6 is 15.9 Å². The average molecular weight is 341 g/mol. The number of benzene rings is 1. The van der Waals surface area contributed by atoms with E-state index >= 15 is 0 Å². The van der Waals surface area contributed by atoms with Gasteiger partial charge in [0, 0.05) is 16.5 Å². The number of hydrogen-bond acceptors (Lipinski definition) is 2. The fourth-order valence-corrected chi connectivity index (χ4v) is 3.29. The van der Waals surface area contributed by atoms with Crippen LogP contribution in [0.5, 0.6) is 5.75 Å². The van der Waals surface area contributed by atoms with Crippen molar-refractivity contribution in [3.05, 3.63) is 28.2 Å². The molecule has 1 N–H and O–H groups in total. The minimum atomic E-state index is -0.410. The molecule has 2 rings (SSSR count). The molecule has 0 saturated carbocycles. The Balaban J connectivity index is 1.97. The maximum atomic E-state index is 10.3. The third kappa shape index (κ3) is 3.98. The van der Waals surface area contributed by atoms with Crippen molar-refractivity contribution in [3.8, 4) is 5.75 Å². The van der Waals surface area contributed by atoms with Crippen LogP contribution in [-0.2, 0) is 0 Å². The first-order valence-corrected chi connectivity index (χ1v) is 8.50. The van der Waals surface area contributed by atoms with E-state index in [1.165, 1.54) is 32.1 Å². The Morgan fingerprint density at radius 1 is 1.30 bits per heavy atom. The van der Waals surface area contributed by atoms with Gasteiger partial charge in [0.25, 0.3) is 0 Å². The summed E-state index contributed by atoms with van der Waals surface area (Å²) in [5, 5.41) is 10.3. The molecule has 3 heteroatoms. The number of aliphatic hydroxyl groups excluding tert-OH is 1. The van der Waals surface area contributed by atoms with Gasteiger partial charge in [0.15, 0.2) is 0 Å². The first kappa shape index (κ1) is 15.8. The summed E-state index contributed by atoms with van der Waals surface area (Å²) in [4.78, 5) is 0. The summed E-state index contributed by atoms with van der Waals surface area (Å²) in [7, 11) is 0. The predicted octanol–water partition coefficient (Wildman–Crippen LogP) is 5.38. The molecule has 0 radical (unpaired) electrons. The van der Waals surface area contributed by atoms with Crippen molar-refractivity contribution < 1.29 is 9.84 Å². The van der Waals surface area contributed by atoms with E-state index in [0.717, 1.165) is 22.2 Å². The van der Waals surface area contributed by atoms with Crippen molar-refractivity contribution in [1.29, 1.82) is 0 Å². The van der Waals surface area contributed by atoms with E-state index in [-0.39, 0.29) is 5.60 Å². The van der Waals surface area contributed by atoms with Gasteiger partial charge in [0.2, 0.25) is 0 Å². The van der Waals surface area contributed by atoms with Crippen LogP contribution in [0.2, 0.25) is 0 Å². The Labute approximate surface area is 130 Å². The van der Waals surface area contributed by atoms with Crippen LogP contribution in [0.15, 0.2) is 22.7 Å². The number of hydrogen-bond donors (Lipinski definition) is 1. The number of halogens is 1. The molecule has 112 valence electrons. The van der Waals surface area contributed by atoms with Gasteiger partial charge in [-0.3, -0.25) is 0 Å². The number of fused-ring (bicyclic) bond motifs is 1. The van der Waals surface area contributed by atoms with E-state index in [2.05, 4.69) is 29.8 Å². The standard InChI is InChI=1S/C17H25BrO2/c1-3-4-5-6-7-10-17(2)12-15(19)14-9-8-13(18)11-16(14)20-17/h8-9,11,15,19H,3-7,10,12H2,1-2H3/t15-,17?/m0/s1. The maximum absolute atomic E-state index is 10.3. The summed E-state index contributed by atoms with van der Waals surface area (Å²) in [5.74, 6) is 0.828. The van der Waals surface area contributed by atoms with Crippen LogP contribution in [0.4, 0.5) is 0 Å². The zero-order chi connectivity index (χ0) is 14.6. The van der Waals surface area contributed by atoms with Crippen LogP contribution < -0.4 is 4.74 Å². The van der Waals surface area contributed by atoms with Gasteiger partial charge in [-0.15, -0.1) is 0 Å². The van der Waals surface area contributed by atoms with Gasteiger partial charge in [-0.25, -0.2) is 0 Å². The number of rotatable bonds is 6. The van der Waals surface area contributed by atoms with E-state index in [1.54, 1.807) is 0 Å². The molecule has 1 aliphatic rings. The summed E-state index contributed by atoms with van der Waals surface area (Å²) >= 11 is 3.47. The highest BCUT2D eigenvalue weighted by Crippen LogP contribution is 2.42. The normalized spacial score (nSPS) is 25.1. The number of aliphatic hydroxyl groups is 1. The third-order valence-corrected chi connectivity index (χ3v) is 4.62. The summed E-state index contributed by atoms with van der Waals surface area (Å²) in [6, 6.07) is 5.87. The van der Waals surface area contributed by atoms with E-state index in [9.17, 15) is 5.11 Å². The number of unbranched alkanes of at least 4 members (excludes halogenated alkanes) is 4. The molecule has 1 aliphatic heterocycles. The minimum absolute atomic E-state index is 0.237. The fourth-order valence-electron chi connectivity index (χ4n) is 2.95. The molecule has 0 fully saturated rings. The van der Waals surface area contributed by atoms with Crippen LogP contribution in [0.1, 0.15) is 70.5 Å². The van der Waals surface area contributed by atoms with Crippen LogP contribution in [-0.4, -0.2) is 10.7 Å². The topological polar surface area (TPSA) is 29.5 Å². The van der Waals surface area contributed by atoms with Gasteiger partial charge in [-0.1, -0.05) is 54.6 Å². The Morgan fingerprint density at radius 2 is 2.05 bits per heavy atom. The fraction of sp³-hybridized carbons (Fsp3) is 0.647. The molecule has 20 heavy (non-hydrogen) atoms. The molecule has 2 atom stereocenters. The lowest BCUT2D eigenvalue weighted by atomic mass is 9.86. The van der Waals surface area contributed by atoms with Crippen molar-refractivity contribution in [3.63, 3.8) is 0 Å². The van der Waals surface area contributed by atoms with Crippen LogP contribution in [0.3, 0.4) is 0 Å².